The molecule has 0 unspecified atom stereocenters. The molecule has 1 aromatic rings. The van der Waals surface area contributed by atoms with Gasteiger partial charge in [-0.3, -0.25) is 28.9 Å². The van der Waals surface area contributed by atoms with Crippen LogP contribution >= 0.6 is 0 Å². The molecule has 59 heavy (non-hydrogen) atoms. The van der Waals surface area contributed by atoms with E-state index >= 15 is 0 Å². The van der Waals surface area contributed by atoms with E-state index in [1.54, 1.807) is 45.0 Å². The topological polar surface area (TPSA) is 244 Å². The van der Waals surface area contributed by atoms with Crippen molar-refractivity contribution in [2.24, 2.45) is 11.7 Å². The smallest absolute Gasteiger partial charge is 0.312 e. The molecule has 0 aromatic heterocycles. The Balaban J connectivity index is 1.56. The van der Waals surface area contributed by atoms with Crippen LogP contribution in [0.4, 0.5) is 10.5 Å². The van der Waals surface area contributed by atoms with Gasteiger partial charge in [-0.25, -0.2) is 4.79 Å². The molecule has 19 nitrogen and oxygen atoms in total. The first-order chi connectivity index (χ1) is 28.4. The van der Waals surface area contributed by atoms with E-state index in [1.807, 2.05) is 0 Å². The zero-order chi connectivity index (χ0) is 43.3. The van der Waals surface area contributed by atoms with E-state index in [0.717, 1.165) is 10.5 Å². The quantitative estimate of drug-likeness (QED) is 0.0373. The van der Waals surface area contributed by atoms with E-state index in [0.29, 0.717) is 83.9 Å². The minimum atomic E-state index is -0.965. The fraction of sp³-hybridized carbons (Fsp3) is 0.600. The maximum absolute atomic E-state index is 13.4. The summed E-state index contributed by atoms with van der Waals surface area (Å²) in [5.74, 6) is -1.74. The van der Waals surface area contributed by atoms with Crippen LogP contribution in [0, 0.1) is 5.92 Å². The molecule has 0 bridgehead atoms. The highest BCUT2D eigenvalue weighted by atomic mass is 16.6. The van der Waals surface area contributed by atoms with Crippen molar-refractivity contribution in [3.63, 3.8) is 0 Å². The molecular weight excluding hydrogens is 772 g/mol. The van der Waals surface area contributed by atoms with Crippen LogP contribution in [0.1, 0.15) is 45.6 Å². The number of anilines is 1. The summed E-state index contributed by atoms with van der Waals surface area (Å²) in [4.78, 5) is 74.6. The molecule has 0 saturated heterocycles. The summed E-state index contributed by atoms with van der Waals surface area (Å²) in [5.41, 5.74) is 6.55. The predicted octanol–water partition coefficient (Wildman–Crippen LogP) is 1.16. The first-order valence-corrected chi connectivity index (χ1v) is 19.7. The molecule has 1 heterocycles. The zero-order valence-electron chi connectivity index (χ0n) is 34.5. The van der Waals surface area contributed by atoms with Gasteiger partial charge in [0, 0.05) is 30.8 Å². The first kappa shape index (κ1) is 50.2. The molecule has 1 aliphatic rings. The highest BCUT2D eigenvalue weighted by molar-refractivity contribution is 6.12. The summed E-state index contributed by atoms with van der Waals surface area (Å²) in [6.45, 7) is 13.7. The highest BCUT2D eigenvalue weighted by Gasteiger charge is 2.29. The van der Waals surface area contributed by atoms with E-state index in [9.17, 15) is 28.8 Å². The number of rotatable bonds is 34. The molecule has 0 aliphatic carbocycles. The Bertz CT molecular complexity index is 1470. The minimum absolute atomic E-state index is 0.0117. The van der Waals surface area contributed by atoms with E-state index in [2.05, 4.69) is 27.8 Å². The lowest BCUT2D eigenvalue weighted by Crippen LogP contribution is -2.54. The molecule has 0 fully saturated rings. The molecule has 6 N–H and O–H groups in total. The number of ether oxygens (including phenoxy) is 7. The van der Waals surface area contributed by atoms with E-state index < -0.39 is 29.9 Å². The number of hydrogen-bond donors (Lipinski definition) is 5. The average molecular weight is 835 g/mol. The van der Waals surface area contributed by atoms with Gasteiger partial charge < -0.3 is 60.2 Å². The van der Waals surface area contributed by atoms with Gasteiger partial charge in [0.05, 0.1) is 91.6 Å². The van der Waals surface area contributed by atoms with Crippen LogP contribution in [0.3, 0.4) is 0 Å². The number of hydrogen-bond acceptors (Lipinski definition) is 13. The molecule has 19 heteroatoms. The van der Waals surface area contributed by atoms with Crippen LogP contribution < -0.4 is 27.0 Å². The van der Waals surface area contributed by atoms with Crippen molar-refractivity contribution in [1.29, 1.82) is 0 Å². The van der Waals surface area contributed by atoms with E-state index in [1.165, 1.54) is 12.2 Å². The van der Waals surface area contributed by atoms with Crippen molar-refractivity contribution in [2.75, 3.05) is 97.7 Å². The second kappa shape index (κ2) is 30.2. The molecular formula is C40H62N6O13. The predicted molar refractivity (Wildman–Crippen MR) is 216 cm³/mol. The Kier molecular flexibility index (Phi) is 25.7. The Hall–Kier alpha value is -4.92. The summed E-state index contributed by atoms with van der Waals surface area (Å²) < 4.78 is 38.1. The zero-order valence-corrected chi connectivity index (χ0v) is 34.5. The average Bonchev–Trinajstić information content (AvgIpc) is 3.52. The number of primary amides is 1. The molecule has 0 spiro atoms. The maximum Gasteiger partial charge on any atom is 0.312 e. The molecule has 0 radical (unpaired) electrons. The van der Waals surface area contributed by atoms with Gasteiger partial charge in [0.25, 0.3) is 11.8 Å². The number of urea groups is 1. The fourth-order valence-electron chi connectivity index (χ4n) is 5.12. The lowest BCUT2D eigenvalue weighted by molar-refractivity contribution is -0.137. The lowest BCUT2D eigenvalue weighted by Gasteiger charge is -2.25. The SMILES string of the molecule is C=C(C)OCc1ccc(NC(=O)[C@H](CCCNC(N)=O)NC(=O)[C@@H](NC(=O)CCOCCOCCOCCOCCOCCOCCN2C(=O)C=CC2=O)C(C)C)cc1. The molecule has 0 saturated carbocycles. The third-order valence-electron chi connectivity index (χ3n) is 8.27. The number of amides is 7. The molecule has 1 aliphatic heterocycles. The molecule has 330 valence electrons. The molecule has 1 aromatic carbocycles. The Morgan fingerprint density at radius 2 is 1.24 bits per heavy atom. The third kappa shape index (κ3) is 23.3. The van der Waals surface area contributed by atoms with Gasteiger partial charge in [0.15, 0.2) is 0 Å². The number of allylic oxidation sites excluding steroid dienone is 1. The second-order valence-electron chi connectivity index (χ2n) is 13.5. The Labute approximate surface area is 346 Å². The van der Waals surface area contributed by atoms with Crippen molar-refractivity contribution in [3.8, 4) is 0 Å². The third-order valence-corrected chi connectivity index (χ3v) is 8.27. The van der Waals surface area contributed by atoms with Gasteiger partial charge in [0.2, 0.25) is 17.7 Å². The number of imide groups is 1. The number of carbonyl (C=O) groups is 6. The van der Waals surface area contributed by atoms with Gasteiger partial charge in [-0.15, -0.1) is 0 Å². The number of benzene rings is 1. The van der Waals surface area contributed by atoms with Crippen molar-refractivity contribution in [1.82, 2.24) is 20.9 Å². The van der Waals surface area contributed by atoms with E-state index in [-0.39, 0.29) is 69.4 Å². The van der Waals surface area contributed by atoms with Crippen LogP contribution in [0.15, 0.2) is 48.8 Å². The van der Waals surface area contributed by atoms with Crippen molar-refractivity contribution >= 4 is 41.3 Å². The maximum atomic E-state index is 13.4. The van der Waals surface area contributed by atoms with Crippen LogP contribution in [-0.2, 0) is 63.7 Å². The number of carbonyl (C=O) groups excluding carboxylic acids is 6. The Morgan fingerprint density at radius 3 is 1.73 bits per heavy atom. The summed E-state index contributed by atoms with van der Waals surface area (Å²) in [6.07, 6.45) is 3.04. The van der Waals surface area contributed by atoms with Gasteiger partial charge >= 0.3 is 6.03 Å². The lowest BCUT2D eigenvalue weighted by atomic mass is 10.0. The molecule has 2 atom stereocenters. The Morgan fingerprint density at radius 1 is 0.729 bits per heavy atom. The van der Waals surface area contributed by atoms with Crippen LogP contribution in [-0.4, -0.2) is 145 Å². The van der Waals surface area contributed by atoms with Crippen molar-refractivity contribution in [3.05, 3.63) is 54.3 Å². The van der Waals surface area contributed by atoms with Crippen LogP contribution in [0.5, 0.6) is 0 Å². The summed E-state index contributed by atoms with van der Waals surface area (Å²) in [5, 5.41) is 10.8. The number of nitrogens with zero attached hydrogens (tertiary/aromatic N) is 1. The molecule has 2 rings (SSSR count). The van der Waals surface area contributed by atoms with Gasteiger partial charge in [-0.2, -0.15) is 0 Å². The number of nitrogens with one attached hydrogen (secondary N) is 4. The van der Waals surface area contributed by atoms with Gasteiger partial charge in [-0.1, -0.05) is 32.6 Å². The minimum Gasteiger partial charge on any atom is -0.494 e. The van der Waals surface area contributed by atoms with E-state index in [4.69, 9.17) is 38.9 Å². The van der Waals surface area contributed by atoms with Crippen LogP contribution in [0.25, 0.3) is 0 Å². The van der Waals surface area contributed by atoms with Gasteiger partial charge in [-0.05, 0) is 43.4 Å². The summed E-state index contributed by atoms with van der Waals surface area (Å²) in [6, 6.07) is 4.47. The standard InChI is InChI=1S/C40H62N6O13/c1-29(2)37(39(51)44-33(6-5-14-42-40(41)52)38(50)43-32-9-7-31(8-10-32)28-59-30(3)4)45-34(47)13-16-53-18-20-55-22-24-57-26-27-58-25-23-56-21-19-54-17-15-46-35(48)11-12-36(46)49/h7-12,29,33,37H,3,5-6,13-28H2,1-2,4H3,(H,43,50)(H,44,51)(H,45,47)(H3,41,42,52)/t33-,37-/m0/s1. The first-order valence-electron chi connectivity index (χ1n) is 19.7. The van der Waals surface area contributed by atoms with Gasteiger partial charge in [0.1, 0.15) is 18.7 Å². The van der Waals surface area contributed by atoms with Crippen molar-refractivity contribution in [2.45, 2.75) is 58.7 Å². The summed E-state index contributed by atoms with van der Waals surface area (Å²) >= 11 is 0. The molecule has 7 amide bonds. The van der Waals surface area contributed by atoms with Crippen LogP contribution in [0.2, 0.25) is 0 Å². The van der Waals surface area contributed by atoms with Crippen molar-refractivity contribution < 1.29 is 61.9 Å². The number of nitrogens with two attached hydrogens (primary N) is 1. The monoisotopic (exact) mass is 834 g/mol. The highest BCUT2D eigenvalue weighted by Crippen LogP contribution is 2.13. The normalized spacial score (nSPS) is 13.3. The second-order valence-corrected chi connectivity index (χ2v) is 13.5. The largest absolute Gasteiger partial charge is 0.494 e. The fourth-order valence-corrected chi connectivity index (χ4v) is 5.12. The summed E-state index contributed by atoms with van der Waals surface area (Å²) in [7, 11) is 0.